The maximum atomic E-state index is 12.7. The van der Waals surface area contributed by atoms with Crippen LogP contribution in [0.3, 0.4) is 0 Å². The summed E-state index contributed by atoms with van der Waals surface area (Å²) in [5, 5.41) is 0. The lowest BCUT2D eigenvalue weighted by Crippen LogP contribution is -2.09. The van der Waals surface area contributed by atoms with Crippen LogP contribution in [0.2, 0.25) is 0 Å². The number of para-hydroxylation sites is 1. The summed E-state index contributed by atoms with van der Waals surface area (Å²) < 4.78 is 41.3. The van der Waals surface area contributed by atoms with Gasteiger partial charge in [0.25, 0.3) is 0 Å². The highest BCUT2D eigenvalue weighted by molar-refractivity contribution is 7.87. The molecule has 6 nitrogen and oxygen atoms in total. The normalized spacial score (nSPS) is 14.3. The lowest BCUT2D eigenvalue weighted by molar-refractivity contribution is 0.101. The first-order valence-corrected chi connectivity index (χ1v) is 10.7. The van der Waals surface area contributed by atoms with E-state index in [0.717, 1.165) is 0 Å². The number of hydrogen-bond acceptors (Lipinski definition) is 6. The summed E-state index contributed by atoms with van der Waals surface area (Å²) in [5.41, 5.74) is 1.04. The first-order valence-electron chi connectivity index (χ1n) is 9.27. The fourth-order valence-electron chi connectivity index (χ4n) is 3.01. The molecule has 0 radical (unpaired) electrons. The van der Waals surface area contributed by atoms with Crippen molar-refractivity contribution < 1.29 is 26.9 Å². The van der Waals surface area contributed by atoms with E-state index in [1.54, 1.807) is 24.3 Å². The van der Waals surface area contributed by atoms with Gasteiger partial charge in [-0.25, -0.2) is 0 Å². The molecule has 0 saturated heterocycles. The Kier molecular flexibility index (Phi) is 5.29. The van der Waals surface area contributed by atoms with E-state index in [1.165, 1.54) is 30.3 Å². The molecule has 0 aromatic heterocycles. The van der Waals surface area contributed by atoms with Crippen LogP contribution in [0.1, 0.15) is 22.8 Å². The average molecular weight is 422 g/mol. The zero-order valence-corrected chi connectivity index (χ0v) is 16.9. The third-order valence-corrected chi connectivity index (χ3v) is 5.65. The molecule has 30 heavy (non-hydrogen) atoms. The van der Waals surface area contributed by atoms with Gasteiger partial charge in [0.2, 0.25) is 5.78 Å². The van der Waals surface area contributed by atoms with Gasteiger partial charge in [-0.15, -0.1) is 0 Å². The topological polar surface area (TPSA) is 78.9 Å². The quantitative estimate of drug-likeness (QED) is 0.431. The van der Waals surface area contributed by atoms with Crippen molar-refractivity contribution in [1.82, 2.24) is 0 Å². The first-order chi connectivity index (χ1) is 14.5. The summed E-state index contributed by atoms with van der Waals surface area (Å²) in [6.45, 7) is 2.37. The Morgan fingerprint density at radius 2 is 1.70 bits per heavy atom. The van der Waals surface area contributed by atoms with E-state index in [0.29, 0.717) is 23.5 Å². The summed E-state index contributed by atoms with van der Waals surface area (Å²) in [7, 11) is -3.99. The highest BCUT2D eigenvalue weighted by Gasteiger charge is 2.29. The molecule has 3 aromatic rings. The standard InChI is InChI=1S/C23H18O6S/c1-2-27-20-11-7-6-8-16(20)14-22-23(24)19-13-12-17(15-21(19)28-22)29-30(25,26)18-9-4-3-5-10-18/h3-15H,2H2,1H3/b22-14-. The monoisotopic (exact) mass is 422 g/mol. The highest BCUT2D eigenvalue weighted by atomic mass is 32.2. The molecule has 0 aliphatic carbocycles. The van der Waals surface area contributed by atoms with E-state index in [-0.39, 0.29) is 27.9 Å². The third kappa shape index (κ3) is 3.92. The largest absolute Gasteiger partial charge is 0.493 e. The van der Waals surface area contributed by atoms with E-state index >= 15 is 0 Å². The van der Waals surface area contributed by atoms with Crippen molar-refractivity contribution in [3.05, 3.63) is 89.7 Å². The Bertz CT molecular complexity index is 1230. The predicted octanol–water partition coefficient (Wildman–Crippen LogP) is 4.47. The molecule has 0 fully saturated rings. The van der Waals surface area contributed by atoms with Crippen LogP contribution in [0.15, 0.2) is 83.5 Å². The molecule has 0 spiro atoms. The Morgan fingerprint density at radius 1 is 0.967 bits per heavy atom. The van der Waals surface area contributed by atoms with Crippen LogP contribution in [-0.4, -0.2) is 20.8 Å². The zero-order valence-electron chi connectivity index (χ0n) is 16.1. The van der Waals surface area contributed by atoms with E-state index in [4.69, 9.17) is 13.7 Å². The van der Waals surface area contributed by atoms with Gasteiger partial charge in [-0.05, 0) is 43.3 Å². The van der Waals surface area contributed by atoms with Crippen LogP contribution < -0.4 is 13.7 Å². The number of ether oxygens (including phenoxy) is 2. The summed E-state index contributed by atoms with van der Waals surface area (Å²) >= 11 is 0. The average Bonchev–Trinajstić information content (AvgIpc) is 3.05. The SMILES string of the molecule is CCOc1ccccc1/C=C1\Oc2cc(OS(=O)(=O)c3ccccc3)ccc2C1=O. The van der Waals surface area contributed by atoms with Crippen molar-refractivity contribution in [3.63, 3.8) is 0 Å². The molecule has 0 atom stereocenters. The third-order valence-electron chi connectivity index (χ3n) is 4.38. The van der Waals surface area contributed by atoms with Crippen LogP contribution in [0.4, 0.5) is 0 Å². The summed E-state index contributed by atoms with van der Waals surface area (Å²) in [4.78, 5) is 12.7. The molecule has 0 amide bonds. The van der Waals surface area contributed by atoms with Crippen molar-refractivity contribution in [3.8, 4) is 17.2 Å². The van der Waals surface area contributed by atoms with Gasteiger partial charge in [0.1, 0.15) is 22.1 Å². The Labute approximate surface area is 174 Å². The van der Waals surface area contributed by atoms with Crippen molar-refractivity contribution >= 4 is 22.0 Å². The number of hydrogen-bond donors (Lipinski definition) is 0. The van der Waals surface area contributed by atoms with Gasteiger partial charge >= 0.3 is 10.1 Å². The second kappa shape index (κ2) is 8.04. The van der Waals surface area contributed by atoms with Crippen molar-refractivity contribution in [1.29, 1.82) is 0 Å². The number of ketones is 1. The zero-order chi connectivity index (χ0) is 21.1. The van der Waals surface area contributed by atoms with Gasteiger partial charge in [0.15, 0.2) is 5.76 Å². The van der Waals surface area contributed by atoms with Gasteiger partial charge in [0, 0.05) is 11.6 Å². The summed E-state index contributed by atoms with van der Waals surface area (Å²) in [5.74, 6) is 0.758. The van der Waals surface area contributed by atoms with E-state index in [9.17, 15) is 13.2 Å². The Balaban J connectivity index is 1.61. The number of benzene rings is 3. The molecule has 1 heterocycles. The molecule has 0 saturated carbocycles. The molecule has 1 aliphatic heterocycles. The Hall–Kier alpha value is -3.58. The summed E-state index contributed by atoms with van der Waals surface area (Å²) in [6.07, 6.45) is 1.61. The van der Waals surface area contributed by atoms with Gasteiger partial charge in [-0.1, -0.05) is 36.4 Å². The smallest absolute Gasteiger partial charge is 0.339 e. The van der Waals surface area contributed by atoms with Gasteiger partial charge in [-0.3, -0.25) is 4.79 Å². The molecule has 4 rings (SSSR count). The summed E-state index contributed by atoms with van der Waals surface area (Å²) in [6, 6.07) is 19.4. The second-order valence-electron chi connectivity index (χ2n) is 6.42. The molecular formula is C23H18O6S. The van der Waals surface area contributed by atoms with E-state index in [2.05, 4.69) is 0 Å². The fraction of sp³-hybridized carbons (Fsp3) is 0.0870. The molecule has 3 aromatic carbocycles. The number of allylic oxidation sites excluding steroid dienone is 1. The molecule has 0 unspecified atom stereocenters. The lowest BCUT2D eigenvalue weighted by atomic mass is 10.1. The maximum absolute atomic E-state index is 12.7. The van der Waals surface area contributed by atoms with Gasteiger partial charge in [-0.2, -0.15) is 8.42 Å². The maximum Gasteiger partial charge on any atom is 0.339 e. The highest BCUT2D eigenvalue weighted by Crippen LogP contribution is 2.36. The first kappa shape index (κ1) is 19.7. The van der Waals surface area contributed by atoms with Crippen LogP contribution in [-0.2, 0) is 10.1 Å². The number of fused-ring (bicyclic) bond motifs is 1. The number of Topliss-reactive ketones (excluding diaryl/α,β-unsaturated/α-hetero) is 1. The van der Waals surface area contributed by atoms with Crippen molar-refractivity contribution in [2.75, 3.05) is 6.61 Å². The van der Waals surface area contributed by atoms with E-state index in [1.807, 2.05) is 31.2 Å². The van der Waals surface area contributed by atoms with Gasteiger partial charge in [0.05, 0.1) is 12.2 Å². The van der Waals surface area contributed by atoms with Gasteiger partial charge < -0.3 is 13.7 Å². The van der Waals surface area contributed by atoms with E-state index < -0.39 is 10.1 Å². The van der Waals surface area contributed by atoms with Crippen molar-refractivity contribution in [2.45, 2.75) is 11.8 Å². The molecular weight excluding hydrogens is 404 g/mol. The minimum absolute atomic E-state index is 0.0376. The molecule has 0 bridgehead atoms. The van der Waals surface area contributed by atoms with Crippen LogP contribution >= 0.6 is 0 Å². The fourth-order valence-corrected chi connectivity index (χ4v) is 3.95. The van der Waals surface area contributed by atoms with Crippen LogP contribution in [0.25, 0.3) is 6.08 Å². The molecule has 152 valence electrons. The predicted molar refractivity (Wildman–Crippen MR) is 111 cm³/mol. The second-order valence-corrected chi connectivity index (χ2v) is 7.97. The Morgan fingerprint density at radius 3 is 2.47 bits per heavy atom. The minimum atomic E-state index is -3.99. The minimum Gasteiger partial charge on any atom is -0.493 e. The lowest BCUT2D eigenvalue weighted by Gasteiger charge is -2.08. The molecule has 1 aliphatic rings. The number of carbonyl (C=O) groups excluding carboxylic acids is 1. The van der Waals surface area contributed by atoms with Crippen LogP contribution in [0, 0.1) is 0 Å². The molecule has 7 heteroatoms. The number of carbonyl (C=O) groups is 1. The molecule has 0 N–H and O–H groups in total. The number of rotatable bonds is 6. The van der Waals surface area contributed by atoms with Crippen LogP contribution in [0.5, 0.6) is 17.2 Å². The van der Waals surface area contributed by atoms with Crippen molar-refractivity contribution in [2.24, 2.45) is 0 Å².